The average Bonchev–Trinajstić information content (AvgIpc) is 2.85. The summed E-state index contributed by atoms with van der Waals surface area (Å²) >= 11 is 0. The van der Waals surface area contributed by atoms with E-state index in [2.05, 4.69) is 0 Å². The van der Waals surface area contributed by atoms with Gasteiger partial charge in [0, 0.05) is 31.2 Å². The summed E-state index contributed by atoms with van der Waals surface area (Å²) in [5, 5.41) is 18.2. The predicted octanol–water partition coefficient (Wildman–Crippen LogP) is 2.79. The Bertz CT molecular complexity index is 897. The first-order chi connectivity index (χ1) is 11.8. The minimum absolute atomic E-state index is 0.0616. The van der Waals surface area contributed by atoms with Crippen LogP contribution in [0.25, 0.3) is 11.8 Å². The zero-order valence-corrected chi connectivity index (χ0v) is 14.6. The van der Waals surface area contributed by atoms with Crippen LogP contribution in [0.3, 0.4) is 0 Å². The Morgan fingerprint density at radius 1 is 1.20 bits per heavy atom. The number of carbonyl (C=O) groups is 2. The zero-order chi connectivity index (χ0) is 18.7. The molecule has 0 aliphatic rings. The van der Waals surface area contributed by atoms with E-state index in [-0.39, 0.29) is 17.0 Å². The van der Waals surface area contributed by atoms with Gasteiger partial charge in [0.15, 0.2) is 0 Å². The minimum Gasteiger partial charge on any atom is -0.478 e. The molecule has 0 atom stereocenters. The quantitative estimate of drug-likeness (QED) is 0.686. The van der Waals surface area contributed by atoms with Gasteiger partial charge in [0.05, 0.1) is 5.56 Å². The maximum atomic E-state index is 12.0. The fourth-order valence-electron chi connectivity index (χ4n) is 2.62. The Balaban J connectivity index is 2.50. The van der Waals surface area contributed by atoms with Gasteiger partial charge in [0.2, 0.25) is 0 Å². The summed E-state index contributed by atoms with van der Waals surface area (Å²) in [7, 11) is 3.20. The van der Waals surface area contributed by atoms with E-state index in [4.69, 9.17) is 5.11 Å². The molecule has 1 heterocycles. The summed E-state index contributed by atoms with van der Waals surface area (Å²) < 4.78 is 1.95. The van der Waals surface area contributed by atoms with E-state index in [1.165, 1.54) is 4.90 Å². The van der Waals surface area contributed by atoms with Gasteiger partial charge >= 0.3 is 5.97 Å². The van der Waals surface area contributed by atoms with Crippen LogP contribution < -0.4 is 0 Å². The van der Waals surface area contributed by atoms with Crippen molar-refractivity contribution in [1.29, 1.82) is 5.26 Å². The van der Waals surface area contributed by atoms with Crippen LogP contribution in [0.15, 0.2) is 35.9 Å². The number of hydrogen-bond donors (Lipinski definition) is 1. The second-order valence-electron chi connectivity index (χ2n) is 5.88. The van der Waals surface area contributed by atoms with E-state index in [1.54, 1.807) is 44.4 Å². The number of aromatic nitrogens is 1. The summed E-state index contributed by atoms with van der Waals surface area (Å²) in [5.74, 6) is -1.32. The first-order valence-electron chi connectivity index (χ1n) is 7.62. The van der Waals surface area contributed by atoms with Crippen LogP contribution in [0.5, 0.6) is 0 Å². The third-order valence-corrected chi connectivity index (χ3v) is 3.90. The van der Waals surface area contributed by atoms with Gasteiger partial charge in [-0.2, -0.15) is 5.26 Å². The van der Waals surface area contributed by atoms with Gasteiger partial charge in [-0.05, 0) is 55.8 Å². The van der Waals surface area contributed by atoms with E-state index in [0.717, 1.165) is 22.6 Å². The first kappa shape index (κ1) is 18.0. The summed E-state index contributed by atoms with van der Waals surface area (Å²) in [4.78, 5) is 24.4. The molecule has 0 saturated heterocycles. The SMILES string of the molecule is Cc1cc(/C=C(/C#N)C(=O)N(C)C)c(C)n1-c1ccc(C(=O)O)cc1. The Morgan fingerprint density at radius 2 is 1.80 bits per heavy atom. The molecule has 1 aromatic carbocycles. The van der Waals surface area contributed by atoms with Crippen LogP contribution in [0.4, 0.5) is 0 Å². The average molecular weight is 337 g/mol. The van der Waals surface area contributed by atoms with Gasteiger partial charge < -0.3 is 14.6 Å². The number of rotatable bonds is 4. The van der Waals surface area contributed by atoms with E-state index < -0.39 is 5.97 Å². The normalized spacial score (nSPS) is 11.1. The minimum atomic E-state index is -0.975. The van der Waals surface area contributed by atoms with E-state index in [9.17, 15) is 14.9 Å². The summed E-state index contributed by atoms with van der Waals surface area (Å²) in [6.45, 7) is 3.80. The van der Waals surface area contributed by atoms with Gasteiger partial charge in [0.1, 0.15) is 11.6 Å². The smallest absolute Gasteiger partial charge is 0.335 e. The molecule has 25 heavy (non-hydrogen) atoms. The maximum absolute atomic E-state index is 12.0. The lowest BCUT2D eigenvalue weighted by Crippen LogP contribution is -2.22. The fourth-order valence-corrected chi connectivity index (χ4v) is 2.62. The molecule has 1 aromatic heterocycles. The highest BCUT2D eigenvalue weighted by atomic mass is 16.4. The fraction of sp³-hybridized carbons (Fsp3) is 0.211. The molecule has 0 spiro atoms. The first-order valence-corrected chi connectivity index (χ1v) is 7.62. The lowest BCUT2D eigenvalue weighted by molar-refractivity contribution is -0.124. The van der Waals surface area contributed by atoms with E-state index >= 15 is 0 Å². The van der Waals surface area contributed by atoms with Gasteiger partial charge in [0.25, 0.3) is 5.91 Å². The summed E-state index contributed by atoms with van der Waals surface area (Å²) in [5.41, 5.74) is 3.64. The molecule has 2 aromatic rings. The number of hydrogen-bond acceptors (Lipinski definition) is 3. The highest BCUT2D eigenvalue weighted by Gasteiger charge is 2.15. The number of nitriles is 1. The van der Waals surface area contributed by atoms with Gasteiger partial charge in [-0.15, -0.1) is 0 Å². The van der Waals surface area contributed by atoms with Crippen molar-refractivity contribution in [2.24, 2.45) is 0 Å². The number of carboxylic acid groups (broad SMARTS) is 1. The maximum Gasteiger partial charge on any atom is 0.335 e. The second kappa shape index (κ2) is 7.05. The van der Waals surface area contributed by atoms with E-state index in [0.29, 0.717) is 0 Å². The van der Waals surface area contributed by atoms with Crippen LogP contribution in [0.1, 0.15) is 27.3 Å². The number of aryl methyl sites for hydroxylation is 1. The van der Waals surface area contributed by atoms with Crippen molar-refractivity contribution < 1.29 is 14.7 Å². The highest BCUT2D eigenvalue weighted by molar-refractivity contribution is 6.01. The Labute approximate surface area is 146 Å². The van der Waals surface area contributed by atoms with Crippen LogP contribution in [0, 0.1) is 25.2 Å². The molecule has 128 valence electrons. The molecule has 6 nitrogen and oxygen atoms in total. The van der Waals surface area contributed by atoms with Gasteiger partial charge in [-0.25, -0.2) is 4.79 Å². The van der Waals surface area contributed by atoms with Crippen LogP contribution in [-0.4, -0.2) is 40.5 Å². The highest BCUT2D eigenvalue weighted by Crippen LogP contribution is 2.23. The van der Waals surface area contributed by atoms with Crippen molar-refractivity contribution in [3.8, 4) is 11.8 Å². The Morgan fingerprint density at radius 3 is 2.28 bits per heavy atom. The molecular weight excluding hydrogens is 318 g/mol. The Kier molecular flexibility index (Phi) is 5.08. The predicted molar refractivity (Wildman–Crippen MR) is 94.5 cm³/mol. The molecule has 0 bridgehead atoms. The van der Waals surface area contributed by atoms with Crippen LogP contribution in [0.2, 0.25) is 0 Å². The number of carboxylic acids is 1. The second-order valence-corrected chi connectivity index (χ2v) is 5.88. The van der Waals surface area contributed by atoms with Crippen molar-refractivity contribution in [2.75, 3.05) is 14.1 Å². The van der Waals surface area contributed by atoms with Gasteiger partial charge in [-0.3, -0.25) is 4.79 Å². The standard InChI is InChI=1S/C19H19N3O3/c1-12-9-15(10-16(11-20)18(23)21(3)4)13(2)22(12)17-7-5-14(6-8-17)19(24)25/h5-10H,1-4H3,(H,24,25)/b16-10-. The van der Waals surface area contributed by atoms with Crippen molar-refractivity contribution in [3.05, 3.63) is 58.4 Å². The monoisotopic (exact) mass is 337 g/mol. The molecule has 0 aliphatic carbocycles. The molecule has 2 rings (SSSR count). The molecule has 6 heteroatoms. The topological polar surface area (TPSA) is 86.3 Å². The van der Waals surface area contributed by atoms with Gasteiger partial charge in [-0.1, -0.05) is 0 Å². The third kappa shape index (κ3) is 3.61. The lowest BCUT2D eigenvalue weighted by Gasteiger charge is -2.10. The van der Waals surface area contributed by atoms with Crippen LogP contribution >= 0.6 is 0 Å². The number of nitrogens with zero attached hydrogens (tertiary/aromatic N) is 3. The number of carbonyl (C=O) groups excluding carboxylic acids is 1. The van der Waals surface area contributed by atoms with Crippen molar-refractivity contribution in [3.63, 3.8) is 0 Å². The number of likely N-dealkylation sites (N-methyl/N-ethyl adjacent to an activating group) is 1. The molecule has 0 unspecified atom stereocenters. The molecular formula is C19H19N3O3. The van der Waals surface area contributed by atoms with Crippen LogP contribution in [-0.2, 0) is 4.79 Å². The summed E-state index contributed by atoms with van der Waals surface area (Å²) in [6.07, 6.45) is 1.58. The number of benzene rings is 1. The number of aromatic carboxylic acids is 1. The molecule has 0 aliphatic heterocycles. The van der Waals surface area contributed by atoms with Crippen molar-refractivity contribution in [2.45, 2.75) is 13.8 Å². The van der Waals surface area contributed by atoms with Crippen molar-refractivity contribution in [1.82, 2.24) is 9.47 Å². The number of amides is 1. The molecule has 0 fully saturated rings. The largest absolute Gasteiger partial charge is 0.478 e. The Hall–Kier alpha value is -3.33. The summed E-state index contributed by atoms with van der Waals surface area (Å²) in [6, 6.07) is 10.4. The third-order valence-electron chi connectivity index (χ3n) is 3.90. The molecule has 0 saturated carbocycles. The van der Waals surface area contributed by atoms with E-state index in [1.807, 2.05) is 30.6 Å². The molecule has 1 N–H and O–H groups in total. The van der Waals surface area contributed by atoms with Crippen molar-refractivity contribution >= 4 is 18.0 Å². The molecule has 1 amide bonds. The lowest BCUT2D eigenvalue weighted by atomic mass is 10.1. The zero-order valence-electron chi connectivity index (χ0n) is 14.6. The molecule has 0 radical (unpaired) electrons.